The summed E-state index contributed by atoms with van der Waals surface area (Å²) < 4.78 is 4.42. The Kier molecular flexibility index (Phi) is 6.88. The van der Waals surface area contributed by atoms with Crippen molar-refractivity contribution in [1.82, 2.24) is 0 Å². The number of unbranched alkanes of at least 4 members (excludes halogenated alkanes) is 1. The molecule has 0 saturated heterocycles. The highest BCUT2D eigenvalue weighted by molar-refractivity contribution is 14.1. The molecule has 0 saturated carbocycles. The van der Waals surface area contributed by atoms with Crippen LogP contribution in [0.25, 0.3) is 0 Å². The van der Waals surface area contributed by atoms with E-state index in [1.165, 1.54) is 23.0 Å². The van der Waals surface area contributed by atoms with Gasteiger partial charge in [-0.1, -0.05) is 6.42 Å². The molecule has 66 valence electrons. The van der Waals surface area contributed by atoms with Crippen LogP contribution in [0, 0.1) is 0 Å². The Morgan fingerprint density at radius 2 is 2.18 bits per heavy atom. The Hall–Kier alpha value is 0.120. The molecule has 1 unspecified atom stereocenters. The van der Waals surface area contributed by atoms with E-state index in [1.54, 1.807) is 0 Å². The average Bonchev–Trinajstić information content (AvgIpc) is 2.03. The quantitative estimate of drug-likeness (QED) is 0.558. The number of rotatable bonds is 5. The molecule has 4 nitrogen and oxygen atoms in total. The molecule has 0 heterocycles. The third-order valence-corrected chi connectivity index (χ3v) is 1.78. The Morgan fingerprint density at radius 3 is 2.64 bits per heavy atom. The van der Waals surface area contributed by atoms with Gasteiger partial charge in [-0.3, -0.25) is 0 Å². The largest absolute Gasteiger partial charge is 0.393 e. The summed E-state index contributed by atoms with van der Waals surface area (Å²) in [5.74, 6) is -0.359. The molecule has 0 spiro atoms. The van der Waals surface area contributed by atoms with E-state index in [4.69, 9.17) is 11.5 Å². The molecular weight excluding hydrogens is 259 g/mol. The Bertz CT molecular complexity index is 121. The van der Waals surface area contributed by atoms with Gasteiger partial charge in [0, 0.05) is 0 Å². The molecule has 4 N–H and O–H groups in total. The zero-order valence-corrected chi connectivity index (χ0v) is 8.41. The molecule has 0 amide bonds. The molecule has 0 aliphatic carbocycles. The lowest BCUT2D eigenvalue weighted by Gasteiger charge is -2.06. The van der Waals surface area contributed by atoms with Crippen LogP contribution in [0.3, 0.4) is 0 Å². The second kappa shape index (κ2) is 6.81. The van der Waals surface area contributed by atoms with Gasteiger partial charge in [0.05, 0.1) is 0 Å². The lowest BCUT2D eigenvalue weighted by Crippen LogP contribution is -2.30. The van der Waals surface area contributed by atoms with Gasteiger partial charge in [-0.05, 0) is 19.4 Å². The van der Waals surface area contributed by atoms with Crippen molar-refractivity contribution in [3.63, 3.8) is 0 Å². The van der Waals surface area contributed by atoms with Gasteiger partial charge < -0.3 is 14.5 Å². The van der Waals surface area contributed by atoms with Gasteiger partial charge in [0.15, 0.2) is 23.0 Å². The fourth-order valence-corrected chi connectivity index (χ4v) is 1.01. The van der Waals surface area contributed by atoms with Crippen LogP contribution in [0.5, 0.6) is 0 Å². The predicted molar refractivity (Wildman–Crippen MR) is 51.0 cm³/mol. The SMILES string of the molecule is NCCCCC(N)C(=O)OI. The van der Waals surface area contributed by atoms with Crippen molar-refractivity contribution in [3.05, 3.63) is 0 Å². The Balaban J connectivity index is 3.36. The molecule has 0 aromatic heterocycles. The second-order valence-electron chi connectivity index (χ2n) is 2.29. The van der Waals surface area contributed by atoms with E-state index in [1.807, 2.05) is 0 Å². The van der Waals surface area contributed by atoms with Crippen molar-refractivity contribution in [1.29, 1.82) is 0 Å². The van der Waals surface area contributed by atoms with Gasteiger partial charge in [-0.2, -0.15) is 0 Å². The minimum Gasteiger partial charge on any atom is -0.393 e. The third kappa shape index (κ3) is 5.40. The zero-order valence-electron chi connectivity index (χ0n) is 6.25. The molecule has 0 aliphatic rings. The third-order valence-electron chi connectivity index (χ3n) is 1.35. The maximum atomic E-state index is 10.7. The topological polar surface area (TPSA) is 78.3 Å². The van der Waals surface area contributed by atoms with Gasteiger partial charge in [0.2, 0.25) is 0 Å². The lowest BCUT2D eigenvalue weighted by molar-refractivity contribution is -0.132. The van der Waals surface area contributed by atoms with Crippen molar-refractivity contribution in [2.75, 3.05) is 6.54 Å². The lowest BCUT2D eigenvalue weighted by atomic mass is 10.1. The summed E-state index contributed by atoms with van der Waals surface area (Å²) in [6.07, 6.45) is 2.44. The molecule has 0 aliphatic heterocycles. The smallest absolute Gasteiger partial charge is 0.332 e. The van der Waals surface area contributed by atoms with Crippen molar-refractivity contribution >= 4 is 29.0 Å². The van der Waals surface area contributed by atoms with Crippen molar-refractivity contribution < 1.29 is 7.86 Å². The average molecular weight is 272 g/mol. The van der Waals surface area contributed by atoms with Crippen LogP contribution in [0.1, 0.15) is 19.3 Å². The van der Waals surface area contributed by atoms with Crippen LogP contribution in [-0.4, -0.2) is 18.6 Å². The van der Waals surface area contributed by atoms with E-state index < -0.39 is 6.04 Å². The van der Waals surface area contributed by atoms with Gasteiger partial charge in [0.1, 0.15) is 6.04 Å². The van der Waals surface area contributed by atoms with E-state index in [2.05, 4.69) is 3.07 Å². The number of carbonyl (C=O) groups excluding carboxylic acids is 1. The van der Waals surface area contributed by atoms with Gasteiger partial charge in [-0.15, -0.1) is 0 Å². The molecule has 11 heavy (non-hydrogen) atoms. The summed E-state index contributed by atoms with van der Waals surface area (Å²) in [5, 5.41) is 0. The molecule has 0 radical (unpaired) electrons. The van der Waals surface area contributed by atoms with E-state index in [0.29, 0.717) is 13.0 Å². The second-order valence-corrected chi connectivity index (χ2v) is 2.73. The fraction of sp³-hybridized carbons (Fsp3) is 0.833. The molecule has 5 heteroatoms. The number of hydrogen-bond acceptors (Lipinski definition) is 4. The molecule has 0 rings (SSSR count). The summed E-state index contributed by atoms with van der Waals surface area (Å²) in [7, 11) is 0. The van der Waals surface area contributed by atoms with Crippen molar-refractivity contribution in [3.8, 4) is 0 Å². The minimum absolute atomic E-state index is 0.359. The highest BCUT2D eigenvalue weighted by Gasteiger charge is 2.12. The van der Waals surface area contributed by atoms with Crippen LogP contribution >= 0.6 is 23.0 Å². The van der Waals surface area contributed by atoms with E-state index in [-0.39, 0.29) is 5.97 Å². The standard InChI is InChI=1S/C6H13IN2O2/c7-11-6(10)5(9)3-1-2-4-8/h5H,1-4,8-9H2. The maximum Gasteiger partial charge on any atom is 0.332 e. The van der Waals surface area contributed by atoms with Gasteiger partial charge in [-0.25, -0.2) is 4.79 Å². The Morgan fingerprint density at radius 1 is 1.55 bits per heavy atom. The molecular formula is C6H13IN2O2. The van der Waals surface area contributed by atoms with Gasteiger partial charge in [0.25, 0.3) is 0 Å². The van der Waals surface area contributed by atoms with Crippen LogP contribution in [0.15, 0.2) is 0 Å². The summed E-state index contributed by atoms with van der Waals surface area (Å²) in [6, 6.07) is -0.488. The molecule has 0 fully saturated rings. The van der Waals surface area contributed by atoms with Gasteiger partial charge >= 0.3 is 5.97 Å². The molecule has 0 aromatic carbocycles. The molecule has 0 bridgehead atoms. The highest BCUT2D eigenvalue weighted by atomic mass is 127. The van der Waals surface area contributed by atoms with Crippen molar-refractivity contribution in [2.24, 2.45) is 11.5 Å². The van der Waals surface area contributed by atoms with Crippen LogP contribution in [-0.2, 0) is 7.86 Å². The maximum absolute atomic E-state index is 10.7. The Labute approximate surface area is 80.3 Å². The number of nitrogens with two attached hydrogens (primary N) is 2. The number of carbonyl (C=O) groups is 1. The highest BCUT2D eigenvalue weighted by Crippen LogP contribution is 2.01. The number of halogens is 1. The van der Waals surface area contributed by atoms with Crippen LogP contribution in [0.2, 0.25) is 0 Å². The fourth-order valence-electron chi connectivity index (χ4n) is 0.684. The summed E-state index contributed by atoms with van der Waals surface area (Å²) in [4.78, 5) is 10.7. The van der Waals surface area contributed by atoms with E-state index in [0.717, 1.165) is 12.8 Å². The van der Waals surface area contributed by atoms with Crippen molar-refractivity contribution in [2.45, 2.75) is 25.3 Å². The summed E-state index contributed by atoms with van der Waals surface area (Å²) in [5.41, 5.74) is 10.7. The zero-order chi connectivity index (χ0) is 8.69. The first kappa shape index (κ1) is 11.1. The summed E-state index contributed by atoms with van der Waals surface area (Å²) in [6.45, 7) is 0.645. The first-order chi connectivity index (χ1) is 5.22. The molecule has 1 atom stereocenters. The first-order valence-electron chi connectivity index (χ1n) is 3.50. The van der Waals surface area contributed by atoms with E-state index >= 15 is 0 Å². The first-order valence-corrected chi connectivity index (χ1v) is 4.38. The summed E-state index contributed by atoms with van der Waals surface area (Å²) >= 11 is 1.54. The van der Waals surface area contributed by atoms with Crippen LogP contribution in [0.4, 0.5) is 0 Å². The monoisotopic (exact) mass is 272 g/mol. The van der Waals surface area contributed by atoms with Crippen LogP contribution < -0.4 is 11.5 Å². The molecule has 0 aromatic rings. The number of hydrogen-bond donors (Lipinski definition) is 2. The normalized spacial score (nSPS) is 12.6. The van der Waals surface area contributed by atoms with E-state index in [9.17, 15) is 4.79 Å². The minimum atomic E-state index is -0.488. The predicted octanol–water partition coefficient (Wildman–Crippen LogP) is 0.336.